The highest BCUT2D eigenvalue weighted by atomic mass is 35.5. The van der Waals surface area contributed by atoms with Crippen LogP contribution in [0.2, 0.25) is 15.1 Å². The Kier molecular flexibility index (Phi) is 34.6. The molecule has 0 bridgehead atoms. The number of methoxy groups -OCH3 is 4. The number of anilines is 18. The molecule has 1 aliphatic carbocycles. The Balaban J connectivity index is 0.000000150. The van der Waals surface area contributed by atoms with Gasteiger partial charge in [-0.2, -0.15) is 19.9 Å². The van der Waals surface area contributed by atoms with E-state index in [9.17, 15) is 18.3 Å². The molecule has 31 nitrogen and oxygen atoms in total. The molecule has 17 rings (SSSR count). The first-order valence-corrected chi connectivity index (χ1v) is 57.3. The number of ether oxygens (including phenoxy) is 5. The molecule has 0 spiro atoms. The molecule has 4 aliphatic rings. The van der Waals surface area contributed by atoms with Gasteiger partial charge in [0.1, 0.15) is 84.0 Å². The number of likely N-dealkylation sites (N-methyl/N-ethyl adjacent to an activating group) is 2. The van der Waals surface area contributed by atoms with Crippen LogP contribution in [-0.2, 0) is 18.3 Å². The topological polar surface area (TPSA) is 343 Å². The molecule has 38 heteroatoms. The molecule has 3 aliphatic heterocycles. The van der Waals surface area contributed by atoms with E-state index in [1.807, 2.05) is 153 Å². The second kappa shape index (κ2) is 46.8. The van der Waals surface area contributed by atoms with Crippen molar-refractivity contribution in [1.82, 2.24) is 59.6 Å². The molecular weight excluding hydrogens is 1910 g/mol. The van der Waals surface area contributed by atoms with Gasteiger partial charge in [0.25, 0.3) is 0 Å². The lowest BCUT2D eigenvalue weighted by atomic mass is 9.99. The summed E-state index contributed by atoms with van der Waals surface area (Å²) in [6.07, 6.45) is 17.7. The molecule has 5 aromatic heterocycles. The van der Waals surface area contributed by atoms with Gasteiger partial charge in [0, 0.05) is 147 Å². The van der Waals surface area contributed by atoms with Crippen LogP contribution in [0.3, 0.4) is 0 Å². The van der Waals surface area contributed by atoms with Gasteiger partial charge in [-0.15, -0.1) is 0 Å². The summed E-state index contributed by atoms with van der Waals surface area (Å²) in [5.41, 5.74) is 11.6. The minimum Gasteiger partial charge on any atom is -0.495 e. The van der Waals surface area contributed by atoms with Crippen LogP contribution in [0.15, 0.2) is 225 Å². The van der Waals surface area contributed by atoms with Crippen LogP contribution in [0.25, 0.3) is 5.57 Å². The first-order valence-electron chi connectivity index (χ1n) is 45.8. The maximum atomic E-state index is 13.0. The average Bonchev–Trinajstić information content (AvgIpc) is 1.59. The third-order valence-electron chi connectivity index (χ3n) is 23.8. The van der Waals surface area contributed by atoms with Crippen molar-refractivity contribution < 1.29 is 41.9 Å². The van der Waals surface area contributed by atoms with Crippen LogP contribution >= 0.6 is 63.4 Å². The molecule has 0 radical (unpaired) electrons. The molecule has 140 heavy (non-hydrogen) atoms. The van der Waals surface area contributed by atoms with Crippen LogP contribution in [-0.4, -0.2) is 228 Å². The van der Waals surface area contributed by atoms with Crippen LogP contribution in [0, 0.1) is 0 Å². The normalized spacial score (nSPS) is 14.3. The molecule has 13 aromatic rings. The highest BCUT2D eigenvalue weighted by Crippen LogP contribution is 2.48. The van der Waals surface area contributed by atoms with Crippen LogP contribution in [0.1, 0.15) is 49.1 Å². The van der Waals surface area contributed by atoms with E-state index in [-0.39, 0.29) is 0 Å². The summed E-state index contributed by atoms with van der Waals surface area (Å²) in [5.74, 6) is 7.91. The zero-order valence-corrected chi connectivity index (χ0v) is 87.4. The Labute approximate surface area is 834 Å². The fraction of sp³-hybridized carbons (Fsp3) is 0.304. The van der Waals surface area contributed by atoms with Crippen molar-refractivity contribution in [1.29, 1.82) is 0 Å². The number of para-hydroxylation sites is 4. The van der Waals surface area contributed by atoms with E-state index in [1.165, 1.54) is 68.9 Å². The van der Waals surface area contributed by atoms with Gasteiger partial charge in [-0.05, 0) is 226 Å². The minimum absolute atomic E-state index is 0.307. The average molecular weight is 2030 g/mol. The van der Waals surface area contributed by atoms with Crippen molar-refractivity contribution in [3.8, 4) is 34.5 Å². The van der Waals surface area contributed by atoms with Crippen molar-refractivity contribution >= 4 is 194 Å². The predicted molar refractivity (Wildman–Crippen MR) is 579 cm³/mol. The molecule has 3 fully saturated rings. The Morgan fingerprint density at radius 1 is 0.386 bits per heavy atom. The summed E-state index contributed by atoms with van der Waals surface area (Å²) >= 11 is 19.0. The van der Waals surface area contributed by atoms with Crippen molar-refractivity contribution in [2.24, 2.45) is 0 Å². The van der Waals surface area contributed by atoms with E-state index >= 15 is 0 Å². The summed E-state index contributed by atoms with van der Waals surface area (Å²) < 4.78 is 79.3. The van der Waals surface area contributed by atoms with E-state index in [2.05, 4.69) is 146 Å². The van der Waals surface area contributed by atoms with E-state index in [0.717, 1.165) is 112 Å². The van der Waals surface area contributed by atoms with E-state index < -0.39 is 28.6 Å². The highest BCUT2D eigenvalue weighted by Gasteiger charge is 2.32. The van der Waals surface area contributed by atoms with Crippen molar-refractivity contribution in [3.05, 3.63) is 251 Å². The number of piperidine rings is 1. The lowest BCUT2D eigenvalue weighted by Gasteiger charge is -2.42. The smallest absolute Gasteiger partial charge is 0.229 e. The number of halogens is 3. The standard InChI is InChI=1S/C32H44N7O2P.C25H29ClN5O2P.C24H23ClN5O3P.C21H25ClN5O2P/c1-37-17-19-39(20-18-37)24-13-15-38(16-14-24)25-11-12-27(29(21-25)41-2)35-32-33-22-26(23-9-10-23)31(36-32)34-28-7-5-6-8-30(28)42(3,4)40;1-31-13-11-17(12-14-31)18-9-10-20(22(15-18)33-2)29-25-27-16-19(26)24(30-25)28-21-7-5-6-8-23(21)34(3,4)32;1-32-21-14-17(33-16-10-12-26-13-11-16)8-9-19(21)29-24-27-15-18(25)23(30-24)28-20-6-4-5-7-22(20)34(2,3)31;1-27(2)14-10-11-16(18(12-14)29-3)25-21-23-13-15(22)20(26-21)24-17-8-6-7-9-19(17)30(4,5)28/h5-8,11-12,21-24H,9-10,13-20H2,1-4H3,(H2,33,34,35,36);5-11,15-16H,12-14H2,1-4H3,(H2,27,28,29,30);4-15H,1-3H3,(H2,27,28,29,30);6-13H,1-5H3,(H2,23,24,25,26). The second-order valence-corrected chi connectivity index (χ2v) is 49.9. The molecule has 734 valence electrons. The third kappa shape index (κ3) is 27.9. The summed E-state index contributed by atoms with van der Waals surface area (Å²) in [4.78, 5) is 51.8. The summed E-state index contributed by atoms with van der Waals surface area (Å²) in [5, 5.41) is 30.1. The summed E-state index contributed by atoms with van der Waals surface area (Å²) in [6, 6.07) is 57.8. The zero-order chi connectivity index (χ0) is 99.6. The first-order chi connectivity index (χ1) is 67.0. The number of piperazine rings is 1. The Morgan fingerprint density at radius 2 is 0.779 bits per heavy atom. The SMILES string of the molecule is COc1cc(C2=CCN(C)CC2)ccc1Nc1ncc(Cl)c(Nc2ccccc2P(C)(C)=O)n1.COc1cc(N(C)C)ccc1Nc1ncc(Cl)c(Nc2ccccc2P(C)(C)=O)n1.COc1cc(N2CCC(N3CCN(C)CC3)CC2)ccc1Nc1ncc(C2CC2)c(Nc2ccccc2P(C)(C)=O)n1.COc1cc(Oc2ccncc2)ccc1Nc1ncc(Cl)c(Nc2ccccc2P(C)(C)=O)n1. The number of nitrogens with zero attached hydrogens (tertiary/aromatic N) is 14. The molecule has 0 amide bonds. The maximum absolute atomic E-state index is 13.0. The quantitative estimate of drug-likeness (QED) is 0.0187. The van der Waals surface area contributed by atoms with Crippen molar-refractivity contribution in [2.75, 3.05) is 215 Å². The van der Waals surface area contributed by atoms with Crippen molar-refractivity contribution in [3.63, 3.8) is 0 Å². The number of hydrogen-bond donors (Lipinski definition) is 8. The number of rotatable bonds is 31. The van der Waals surface area contributed by atoms with Crippen LogP contribution < -0.4 is 97.2 Å². The lowest BCUT2D eigenvalue weighted by Crippen LogP contribution is -2.52. The minimum atomic E-state index is -2.51. The van der Waals surface area contributed by atoms with Crippen LogP contribution in [0.4, 0.5) is 104 Å². The number of hydrogen-bond acceptors (Lipinski definition) is 31. The largest absolute Gasteiger partial charge is 0.495 e. The monoisotopic (exact) mass is 2030 g/mol. The van der Waals surface area contributed by atoms with Gasteiger partial charge in [-0.25, -0.2) is 19.9 Å². The summed E-state index contributed by atoms with van der Waals surface area (Å²) in [7, 11) is 4.84. The molecule has 2 saturated heterocycles. The number of aromatic nitrogens is 9. The fourth-order valence-corrected chi connectivity index (χ4v) is 21.1. The maximum Gasteiger partial charge on any atom is 0.229 e. The molecule has 0 unspecified atom stereocenters. The molecule has 8 aromatic carbocycles. The molecule has 8 N–H and O–H groups in total. The molecular formula is C102H121Cl3N22O9P4. The Bertz CT molecular complexity index is 6760. The Morgan fingerprint density at radius 3 is 1.20 bits per heavy atom. The van der Waals surface area contributed by atoms with Gasteiger partial charge < -0.3 is 104 Å². The zero-order valence-electron chi connectivity index (χ0n) is 81.6. The lowest BCUT2D eigenvalue weighted by molar-refractivity contribution is 0.0982. The van der Waals surface area contributed by atoms with E-state index in [1.54, 1.807) is 124 Å². The van der Waals surface area contributed by atoms with Gasteiger partial charge in [0.2, 0.25) is 23.8 Å². The van der Waals surface area contributed by atoms with E-state index in [0.29, 0.717) is 125 Å². The predicted octanol–water partition coefficient (Wildman–Crippen LogP) is 21.9. The van der Waals surface area contributed by atoms with Gasteiger partial charge in [0.15, 0.2) is 17.5 Å². The van der Waals surface area contributed by atoms with Gasteiger partial charge in [-0.1, -0.05) is 95.5 Å². The van der Waals surface area contributed by atoms with Gasteiger partial charge >= 0.3 is 0 Å². The summed E-state index contributed by atoms with van der Waals surface area (Å²) in [6.45, 7) is 22.8. The van der Waals surface area contributed by atoms with E-state index in [4.69, 9.17) is 63.5 Å². The molecule has 0 atom stereocenters. The number of nitrogens with one attached hydrogen (secondary N) is 8. The van der Waals surface area contributed by atoms with Crippen molar-refractivity contribution in [2.45, 2.75) is 44.1 Å². The molecule has 1 saturated carbocycles. The third-order valence-corrected chi connectivity index (χ3v) is 30.8. The highest BCUT2D eigenvalue weighted by molar-refractivity contribution is 7.71. The van der Waals surface area contributed by atoms with Gasteiger partial charge in [-0.3, -0.25) is 9.88 Å². The molecule has 8 heterocycles. The number of pyridine rings is 1. The fourth-order valence-electron chi connectivity index (χ4n) is 16.1. The van der Waals surface area contributed by atoms with Crippen LogP contribution in [0.5, 0.6) is 34.5 Å². The first kappa shape index (κ1) is 103. The van der Waals surface area contributed by atoms with Gasteiger partial charge in [0.05, 0.1) is 92.5 Å². The Hall–Kier alpha value is -12.4. The second-order valence-electron chi connectivity index (χ2n) is 35.9. The number of benzene rings is 8.